The average molecular weight is 261 g/mol. The van der Waals surface area contributed by atoms with Gasteiger partial charge in [-0.05, 0) is 37.0 Å². The Morgan fingerprint density at radius 2 is 2.21 bits per heavy atom. The molecule has 1 aromatic rings. The monoisotopic (exact) mass is 261 g/mol. The normalized spacial score (nSPS) is 17.8. The molecule has 0 aromatic heterocycles. The first-order valence-corrected chi connectivity index (χ1v) is 6.79. The van der Waals surface area contributed by atoms with Crippen LogP contribution in [0.2, 0.25) is 0 Å². The summed E-state index contributed by atoms with van der Waals surface area (Å²) in [4.78, 5) is 13.6. The quantitative estimate of drug-likeness (QED) is 0.710. The van der Waals surface area contributed by atoms with E-state index >= 15 is 0 Å². The number of nitrogens with one attached hydrogen (secondary N) is 1. The minimum atomic E-state index is 0.0175. The summed E-state index contributed by atoms with van der Waals surface area (Å²) in [6, 6.07) is 4.29. The summed E-state index contributed by atoms with van der Waals surface area (Å²) >= 11 is 0. The van der Waals surface area contributed by atoms with Crippen LogP contribution >= 0.6 is 0 Å². The Morgan fingerprint density at radius 3 is 2.84 bits per heavy atom. The third-order valence-electron chi connectivity index (χ3n) is 4.04. The summed E-state index contributed by atoms with van der Waals surface area (Å²) in [5.41, 5.74) is 9.56. The van der Waals surface area contributed by atoms with Crippen LogP contribution in [0.25, 0.3) is 0 Å². The molecule has 5 nitrogen and oxygen atoms in total. The number of aliphatic hydroxyl groups is 1. The van der Waals surface area contributed by atoms with Crippen molar-refractivity contribution in [3.8, 4) is 0 Å². The zero-order valence-corrected chi connectivity index (χ0v) is 10.9. The lowest BCUT2D eigenvalue weighted by Crippen LogP contribution is -2.42. The average Bonchev–Trinajstić information content (AvgIpc) is 2.64. The number of hydrogen-bond donors (Lipinski definition) is 3. The van der Waals surface area contributed by atoms with Gasteiger partial charge in [0.15, 0.2) is 0 Å². The predicted octanol–water partition coefficient (Wildman–Crippen LogP) is 1.11. The molecule has 0 atom stereocenters. The molecule has 2 aliphatic rings. The van der Waals surface area contributed by atoms with Gasteiger partial charge in [0, 0.05) is 18.3 Å². The highest BCUT2D eigenvalue weighted by molar-refractivity contribution is 6.01. The van der Waals surface area contributed by atoms with Crippen LogP contribution in [0.4, 0.5) is 17.1 Å². The lowest BCUT2D eigenvalue weighted by Gasteiger charge is -2.39. The van der Waals surface area contributed by atoms with Crippen molar-refractivity contribution in [1.29, 1.82) is 0 Å². The fourth-order valence-electron chi connectivity index (χ4n) is 2.84. The molecule has 1 aromatic carbocycles. The fraction of sp³-hybridized carbons (Fsp3) is 0.500. The van der Waals surface area contributed by atoms with E-state index in [1.54, 1.807) is 0 Å². The Kier molecular flexibility index (Phi) is 3.06. The highest BCUT2D eigenvalue weighted by Crippen LogP contribution is 2.37. The molecule has 0 radical (unpaired) electrons. The number of nitrogens with two attached hydrogens (primary N) is 1. The topological polar surface area (TPSA) is 78.6 Å². The molecular formula is C14H19N3O2. The molecule has 3 rings (SSSR count). The van der Waals surface area contributed by atoms with Gasteiger partial charge >= 0.3 is 0 Å². The number of amides is 1. The minimum absolute atomic E-state index is 0.0175. The number of benzene rings is 1. The second-order valence-corrected chi connectivity index (χ2v) is 5.29. The van der Waals surface area contributed by atoms with Crippen LogP contribution in [0.3, 0.4) is 0 Å². The highest BCUT2D eigenvalue weighted by atomic mass is 16.3. The van der Waals surface area contributed by atoms with Crippen molar-refractivity contribution in [3.05, 3.63) is 17.7 Å². The van der Waals surface area contributed by atoms with Gasteiger partial charge in [-0.15, -0.1) is 0 Å². The van der Waals surface area contributed by atoms with E-state index in [9.17, 15) is 9.90 Å². The van der Waals surface area contributed by atoms with Gasteiger partial charge in [-0.2, -0.15) is 0 Å². The van der Waals surface area contributed by atoms with Gasteiger partial charge in [0.25, 0.3) is 0 Å². The van der Waals surface area contributed by atoms with E-state index in [2.05, 4.69) is 10.2 Å². The predicted molar refractivity (Wildman–Crippen MR) is 75.3 cm³/mol. The molecule has 1 saturated carbocycles. The van der Waals surface area contributed by atoms with Gasteiger partial charge in [-0.25, -0.2) is 0 Å². The Morgan fingerprint density at radius 1 is 1.42 bits per heavy atom. The zero-order valence-electron chi connectivity index (χ0n) is 10.9. The van der Waals surface area contributed by atoms with Gasteiger partial charge in [0.1, 0.15) is 0 Å². The molecule has 0 spiro atoms. The maximum absolute atomic E-state index is 11.4. The largest absolute Gasteiger partial charge is 0.397 e. The van der Waals surface area contributed by atoms with Crippen molar-refractivity contribution >= 4 is 23.0 Å². The first kappa shape index (κ1) is 12.3. The Labute approximate surface area is 112 Å². The maximum atomic E-state index is 11.4. The van der Waals surface area contributed by atoms with Crippen molar-refractivity contribution in [2.45, 2.75) is 31.7 Å². The molecule has 5 heteroatoms. The molecule has 1 fully saturated rings. The second-order valence-electron chi connectivity index (χ2n) is 5.29. The number of carbonyl (C=O) groups is 1. The number of fused-ring (bicyclic) bond motifs is 1. The lowest BCUT2D eigenvalue weighted by molar-refractivity contribution is -0.115. The molecule has 1 aliphatic heterocycles. The number of nitrogen functional groups attached to an aromatic ring is 1. The molecule has 0 bridgehead atoms. The number of nitrogens with zero attached hydrogens (tertiary/aromatic N) is 1. The van der Waals surface area contributed by atoms with Gasteiger partial charge in [-0.3, -0.25) is 4.79 Å². The first-order valence-electron chi connectivity index (χ1n) is 6.79. The third-order valence-corrected chi connectivity index (χ3v) is 4.04. The first-order chi connectivity index (χ1) is 9.19. The van der Waals surface area contributed by atoms with Crippen molar-refractivity contribution in [3.63, 3.8) is 0 Å². The van der Waals surface area contributed by atoms with Gasteiger partial charge in [0.2, 0.25) is 5.91 Å². The molecule has 0 unspecified atom stereocenters. The van der Waals surface area contributed by atoms with E-state index in [0.717, 1.165) is 29.8 Å². The Balaban J connectivity index is 1.94. The van der Waals surface area contributed by atoms with E-state index < -0.39 is 0 Å². The molecule has 1 amide bonds. The molecule has 102 valence electrons. The molecular weight excluding hydrogens is 242 g/mol. The van der Waals surface area contributed by atoms with Crippen LogP contribution in [0.5, 0.6) is 0 Å². The Hall–Kier alpha value is -1.75. The van der Waals surface area contributed by atoms with Gasteiger partial charge < -0.3 is 21.1 Å². The molecule has 19 heavy (non-hydrogen) atoms. The second kappa shape index (κ2) is 4.74. The van der Waals surface area contributed by atoms with Crippen molar-refractivity contribution in [2.75, 3.05) is 29.1 Å². The molecule has 1 heterocycles. The summed E-state index contributed by atoms with van der Waals surface area (Å²) in [6.45, 7) is 0.695. The van der Waals surface area contributed by atoms with Crippen LogP contribution in [0.1, 0.15) is 24.8 Å². The minimum Gasteiger partial charge on any atom is -0.397 e. The van der Waals surface area contributed by atoms with Crippen LogP contribution in [0.15, 0.2) is 12.1 Å². The van der Waals surface area contributed by atoms with Crippen molar-refractivity contribution < 1.29 is 9.90 Å². The van der Waals surface area contributed by atoms with Gasteiger partial charge in [0.05, 0.1) is 24.4 Å². The van der Waals surface area contributed by atoms with Crippen LogP contribution in [-0.4, -0.2) is 30.2 Å². The smallest absolute Gasteiger partial charge is 0.228 e. The van der Waals surface area contributed by atoms with E-state index in [0.29, 0.717) is 24.7 Å². The fourth-order valence-corrected chi connectivity index (χ4v) is 2.84. The standard InChI is InChI=1S/C14H19N3O2/c15-11-6-9-7-14(19)16-12(9)8-13(11)17(4-5-18)10-2-1-3-10/h6,8,10,18H,1-5,7,15H2,(H,16,19). The zero-order chi connectivity index (χ0) is 13.4. The van der Waals surface area contributed by atoms with Crippen LogP contribution in [-0.2, 0) is 11.2 Å². The highest BCUT2D eigenvalue weighted by Gasteiger charge is 2.28. The van der Waals surface area contributed by atoms with E-state index in [1.165, 1.54) is 6.42 Å². The van der Waals surface area contributed by atoms with Crippen LogP contribution < -0.4 is 16.0 Å². The van der Waals surface area contributed by atoms with E-state index in [-0.39, 0.29) is 12.5 Å². The summed E-state index contributed by atoms with van der Waals surface area (Å²) < 4.78 is 0. The molecule has 1 aliphatic carbocycles. The molecule has 4 N–H and O–H groups in total. The number of hydrogen-bond acceptors (Lipinski definition) is 4. The van der Waals surface area contributed by atoms with E-state index in [4.69, 9.17) is 5.73 Å². The number of aliphatic hydroxyl groups excluding tert-OH is 1. The van der Waals surface area contributed by atoms with Crippen LogP contribution in [0, 0.1) is 0 Å². The van der Waals surface area contributed by atoms with Crippen molar-refractivity contribution in [2.24, 2.45) is 0 Å². The van der Waals surface area contributed by atoms with E-state index in [1.807, 2.05) is 12.1 Å². The third kappa shape index (κ3) is 2.14. The number of anilines is 3. The summed E-state index contributed by atoms with van der Waals surface area (Å²) in [5, 5.41) is 12.1. The lowest BCUT2D eigenvalue weighted by atomic mass is 9.90. The number of carbonyl (C=O) groups excluding carboxylic acids is 1. The molecule has 0 saturated heterocycles. The summed E-state index contributed by atoms with van der Waals surface area (Å²) in [5.74, 6) is 0.0175. The van der Waals surface area contributed by atoms with Gasteiger partial charge in [-0.1, -0.05) is 0 Å². The maximum Gasteiger partial charge on any atom is 0.228 e. The summed E-state index contributed by atoms with van der Waals surface area (Å²) in [7, 11) is 0. The SMILES string of the molecule is Nc1cc2c(cc1N(CCO)C1CCC1)NC(=O)C2. The number of rotatable bonds is 4. The summed E-state index contributed by atoms with van der Waals surface area (Å²) in [6.07, 6.45) is 3.92. The Bertz CT molecular complexity index is 512. The van der Waals surface area contributed by atoms with Crippen molar-refractivity contribution in [1.82, 2.24) is 0 Å².